The molecule has 3 aromatic carbocycles. The summed E-state index contributed by atoms with van der Waals surface area (Å²) in [4.78, 5) is 13.0. The van der Waals surface area contributed by atoms with Crippen LogP contribution in [-0.4, -0.2) is 11.6 Å². The Morgan fingerprint density at radius 1 is 0.972 bits per heavy atom. The highest BCUT2D eigenvalue weighted by atomic mass is 79.9. The minimum atomic E-state index is -2.33. The topological polar surface area (TPSA) is 41.9 Å². The second-order valence-corrected chi connectivity index (χ2v) is 9.71. The lowest BCUT2D eigenvalue weighted by atomic mass is 10.1. The number of carbonyl (C=O) groups excluding carboxylic acids is 1. The zero-order chi connectivity index (χ0) is 26.3. The summed E-state index contributed by atoms with van der Waals surface area (Å²) in [6.07, 6.45) is 1.35. The van der Waals surface area contributed by atoms with E-state index in [1.807, 2.05) is 0 Å². The van der Waals surface area contributed by atoms with Crippen molar-refractivity contribution in [2.75, 3.05) is 5.01 Å². The van der Waals surface area contributed by atoms with Crippen LogP contribution in [0.25, 0.3) is 6.08 Å². The number of amides is 1. The smallest absolute Gasteiger partial charge is 0.280 e. The maximum absolute atomic E-state index is 14.3. The molecule has 1 amide bonds. The fourth-order valence-corrected chi connectivity index (χ4v) is 4.85. The molecule has 0 radical (unpaired) electrons. The summed E-state index contributed by atoms with van der Waals surface area (Å²) in [6.45, 7) is 1.50. The van der Waals surface area contributed by atoms with Gasteiger partial charge in [-0.05, 0) is 58.8 Å². The largest absolute Gasteiger partial charge is 0.487 e. The number of nitrogens with zero attached hydrogens (tertiary/aromatic N) is 2. The third kappa shape index (κ3) is 4.91. The van der Waals surface area contributed by atoms with Gasteiger partial charge >= 0.3 is 0 Å². The van der Waals surface area contributed by atoms with Crippen LogP contribution in [0.2, 0.25) is 5.02 Å². The molecule has 36 heavy (non-hydrogen) atoms. The van der Waals surface area contributed by atoms with Crippen LogP contribution in [0.3, 0.4) is 0 Å². The van der Waals surface area contributed by atoms with Gasteiger partial charge in [-0.25, -0.2) is 22.0 Å². The van der Waals surface area contributed by atoms with Crippen molar-refractivity contribution in [3.05, 3.63) is 96.2 Å². The van der Waals surface area contributed by atoms with Gasteiger partial charge < -0.3 is 4.74 Å². The standard InChI is InChI=1S/C24H12Br2ClF5N2O2/c1-10-15(24(35)34(33-10)22-20(31)18(29)17(28)19(30)21(22)32)7-12-6-13(25)8-16(26)23(12)36-9-11-2-4-14(27)5-3-11/h2-8H,9H2,1H3/b15-7-. The van der Waals surface area contributed by atoms with Crippen molar-refractivity contribution in [2.24, 2.45) is 5.10 Å². The molecule has 3 aromatic rings. The molecule has 4 rings (SSSR count). The van der Waals surface area contributed by atoms with Crippen LogP contribution in [0.4, 0.5) is 27.6 Å². The molecule has 0 aromatic heterocycles. The van der Waals surface area contributed by atoms with Gasteiger partial charge in [0.05, 0.1) is 15.8 Å². The maximum Gasteiger partial charge on any atom is 0.280 e. The highest BCUT2D eigenvalue weighted by Crippen LogP contribution is 2.37. The van der Waals surface area contributed by atoms with Gasteiger partial charge in [-0.3, -0.25) is 4.79 Å². The van der Waals surface area contributed by atoms with Crippen LogP contribution in [-0.2, 0) is 11.4 Å². The molecule has 0 unspecified atom stereocenters. The zero-order valence-electron chi connectivity index (χ0n) is 18.0. The van der Waals surface area contributed by atoms with Crippen molar-refractivity contribution < 1.29 is 31.5 Å². The van der Waals surface area contributed by atoms with E-state index in [0.29, 0.717) is 25.3 Å². The fourth-order valence-electron chi connectivity index (χ4n) is 3.35. The van der Waals surface area contributed by atoms with Gasteiger partial charge in [0.2, 0.25) is 5.82 Å². The van der Waals surface area contributed by atoms with Crippen LogP contribution in [0.1, 0.15) is 18.1 Å². The summed E-state index contributed by atoms with van der Waals surface area (Å²) in [5.41, 5.74) is -0.430. The summed E-state index contributed by atoms with van der Waals surface area (Å²) in [5.74, 6) is -11.8. The quantitative estimate of drug-likeness (QED) is 0.122. The number of halogens is 8. The lowest BCUT2D eigenvalue weighted by molar-refractivity contribution is -0.114. The molecule has 0 N–H and O–H groups in total. The Hall–Kier alpha value is -2.76. The first-order chi connectivity index (χ1) is 17.0. The summed E-state index contributed by atoms with van der Waals surface area (Å²) in [7, 11) is 0. The van der Waals surface area contributed by atoms with Crippen molar-refractivity contribution in [3.63, 3.8) is 0 Å². The highest BCUT2D eigenvalue weighted by molar-refractivity contribution is 9.11. The summed E-state index contributed by atoms with van der Waals surface area (Å²) in [6, 6.07) is 10.3. The number of benzene rings is 3. The van der Waals surface area contributed by atoms with E-state index in [0.717, 1.165) is 5.56 Å². The van der Waals surface area contributed by atoms with Gasteiger partial charge in [0.25, 0.3) is 5.91 Å². The summed E-state index contributed by atoms with van der Waals surface area (Å²) in [5, 5.41) is 4.46. The first-order valence-corrected chi connectivity index (χ1v) is 12.0. The molecule has 4 nitrogen and oxygen atoms in total. The van der Waals surface area contributed by atoms with Gasteiger partial charge in [0.15, 0.2) is 23.3 Å². The lowest BCUT2D eigenvalue weighted by Gasteiger charge is -2.15. The Labute approximate surface area is 223 Å². The Bertz CT molecular complexity index is 1430. The number of anilines is 1. The van der Waals surface area contributed by atoms with Crippen molar-refractivity contribution in [2.45, 2.75) is 13.5 Å². The number of rotatable bonds is 5. The monoisotopic (exact) mass is 648 g/mol. The SMILES string of the molecule is CC1=NN(c2c(F)c(F)c(F)c(F)c2F)C(=O)/C1=C\c1cc(Br)cc(Br)c1OCc1ccc(Cl)cc1. The van der Waals surface area contributed by atoms with Crippen molar-refractivity contribution in [3.8, 4) is 5.75 Å². The van der Waals surface area contributed by atoms with Gasteiger partial charge in [-0.15, -0.1) is 0 Å². The van der Waals surface area contributed by atoms with E-state index in [1.54, 1.807) is 36.4 Å². The first kappa shape index (κ1) is 26.3. The molecule has 1 aliphatic heterocycles. The second-order valence-electron chi connectivity index (χ2n) is 7.50. The maximum atomic E-state index is 14.3. The molecule has 1 heterocycles. The van der Waals surface area contributed by atoms with E-state index in [1.165, 1.54) is 13.0 Å². The first-order valence-electron chi connectivity index (χ1n) is 9.99. The predicted molar refractivity (Wildman–Crippen MR) is 132 cm³/mol. The van der Waals surface area contributed by atoms with Crippen molar-refractivity contribution >= 4 is 66.8 Å². The molecule has 0 bridgehead atoms. The van der Waals surface area contributed by atoms with Crippen molar-refractivity contribution in [1.29, 1.82) is 0 Å². The average Bonchev–Trinajstić information content (AvgIpc) is 3.10. The van der Waals surface area contributed by atoms with Gasteiger partial charge in [0, 0.05) is 15.1 Å². The van der Waals surface area contributed by atoms with Crippen LogP contribution in [0.5, 0.6) is 5.75 Å². The number of hydrogen-bond donors (Lipinski definition) is 0. The van der Waals surface area contributed by atoms with Crippen LogP contribution >= 0.6 is 43.5 Å². The Morgan fingerprint density at radius 3 is 2.17 bits per heavy atom. The Balaban J connectivity index is 1.73. The molecule has 12 heteroatoms. The normalized spacial score (nSPS) is 14.6. The Morgan fingerprint density at radius 2 is 1.56 bits per heavy atom. The van der Waals surface area contributed by atoms with Crippen LogP contribution in [0, 0.1) is 29.1 Å². The zero-order valence-corrected chi connectivity index (χ0v) is 21.9. The second kappa shape index (κ2) is 10.3. The van der Waals surface area contributed by atoms with E-state index in [-0.39, 0.29) is 22.9 Å². The molecule has 1 aliphatic rings. The molecule has 0 atom stereocenters. The molecule has 0 saturated carbocycles. The molecule has 186 valence electrons. The van der Waals surface area contributed by atoms with Gasteiger partial charge in [-0.1, -0.05) is 39.7 Å². The third-order valence-corrected chi connectivity index (χ3v) is 6.39. The number of carbonyl (C=O) groups is 1. The van der Waals surface area contributed by atoms with E-state index in [9.17, 15) is 26.7 Å². The van der Waals surface area contributed by atoms with E-state index in [4.69, 9.17) is 16.3 Å². The van der Waals surface area contributed by atoms with Gasteiger partial charge in [0.1, 0.15) is 18.0 Å². The van der Waals surface area contributed by atoms with Crippen LogP contribution < -0.4 is 9.75 Å². The van der Waals surface area contributed by atoms with Gasteiger partial charge in [-0.2, -0.15) is 10.1 Å². The van der Waals surface area contributed by atoms with Crippen molar-refractivity contribution in [1.82, 2.24) is 0 Å². The molecule has 0 fully saturated rings. The minimum absolute atomic E-state index is 0.0105. The van der Waals surface area contributed by atoms with E-state index in [2.05, 4.69) is 37.0 Å². The molecule has 0 spiro atoms. The summed E-state index contributed by atoms with van der Waals surface area (Å²) >= 11 is 12.7. The number of hydrazone groups is 1. The minimum Gasteiger partial charge on any atom is -0.487 e. The fraction of sp³-hybridized carbons (Fsp3) is 0.0833. The number of ether oxygens (including phenoxy) is 1. The molecule has 0 aliphatic carbocycles. The van der Waals surface area contributed by atoms with Crippen LogP contribution in [0.15, 0.2) is 56.0 Å². The molecular formula is C24H12Br2ClF5N2O2. The molecule has 0 saturated heterocycles. The van der Waals surface area contributed by atoms with E-state index >= 15 is 0 Å². The summed E-state index contributed by atoms with van der Waals surface area (Å²) < 4.78 is 76.6. The third-order valence-electron chi connectivity index (χ3n) is 5.09. The highest BCUT2D eigenvalue weighted by Gasteiger charge is 2.37. The Kier molecular flexibility index (Phi) is 7.53. The number of hydrogen-bond acceptors (Lipinski definition) is 3. The average molecular weight is 651 g/mol. The molecular weight excluding hydrogens is 639 g/mol. The van der Waals surface area contributed by atoms with E-state index < -0.39 is 40.7 Å². The lowest BCUT2D eigenvalue weighted by Crippen LogP contribution is -2.25. The predicted octanol–water partition coefficient (Wildman–Crippen LogP) is 7.95.